The molecule has 1 saturated heterocycles. The first-order chi connectivity index (χ1) is 12.1. The highest BCUT2D eigenvalue weighted by Crippen LogP contribution is 2.21. The van der Waals surface area contributed by atoms with Crippen molar-refractivity contribution in [2.24, 2.45) is 0 Å². The summed E-state index contributed by atoms with van der Waals surface area (Å²) < 4.78 is 0. The minimum Gasteiger partial charge on any atom is -0.339 e. The summed E-state index contributed by atoms with van der Waals surface area (Å²) in [5, 5.41) is 11.1. The number of rotatable bonds is 3. The number of amides is 1. The van der Waals surface area contributed by atoms with Crippen molar-refractivity contribution in [3.8, 4) is 0 Å². The van der Waals surface area contributed by atoms with Gasteiger partial charge in [-0.1, -0.05) is 6.07 Å². The number of aromatic nitrogens is 2. The fraction of sp³-hybridized carbons (Fsp3) is 0.353. The van der Waals surface area contributed by atoms with E-state index in [-0.39, 0.29) is 11.6 Å². The monoisotopic (exact) mass is 341 g/mol. The lowest BCUT2D eigenvalue weighted by Gasteiger charge is -2.22. The maximum atomic E-state index is 12.7. The summed E-state index contributed by atoms with van der Waals surface area (Å²) in [6.07, 6.45) is 4.18. The Kier molecular flexibility index (Phi) is 4.87. The summed E-state index contributed by atoms with van der Waals surface area (Å²) in [6.45, 7) is 4.18. The number of carbonyl (C=O) groups excluding carboxylic acids is 1. The molecule has 8 heteroatoms. The van der Waals surface area contributed by atoms with Crippen LogP contribution in [0, 0.1) is 17.0 Å². The standard InChI is InChI=1S/C17H19N5O3/c1-13-4-5-14(12-15(13)22(24)25)16(23)20-8-3-9-21(11-10-20)17-18-6-2-7-19-17/h2,4-7,12H,3,8-11H2,1H3. The second-order valence-electron chi connectivity index (χ2n) is 5.94. The summed E-state index contributed by atoms with van der Waals surface area (Å²) in [6, 6.07) is 6.39. The van der Waals surface area contributed by atoms with E-state index in [9.17, 15) is 14.9 Å². The van der Waals surface area contributed by atoms with E-state index >= 15 is 0 Å². The smallest absolute Gasteiger partial charge is 0.273 e. The summed E-state index contributed by atoms with van der Waals surface area (Å²) in [5.41, 5.74) is 0.867. The second kappa shape index (κ2) is 7.25. The Morgan fingerprint density at radius 1 is 1.16 bits per heavy atom. The third-order valence-corrected chi connectivity index (χ3v) is 4.27. The van der Waals surface area contributed by atoms with E-state index in [0.717, 1.165) is 13.0 Å². The van der Waals surface area contributed by atoms with Crippen LogP contribution in [0.5, 0.6) is 0 Å². The molecule has 1 aromatic heterocycles. The minimum absolute atomic E-state index is 0.0278. The van der Waals surface area contributed by atoms with Crippen molar-refractivity contribution in [2.75, 3.05) is 31.1 Å². The first-order valence-electron chi connectivity index (χ1n) is 8.12. The van der Waals surface area contributed by atoms with Crippen LogP contribution in [0.3, 0.4) is 0 Å². The van der Waals surface area contributed by atoms with Crippen molar-refractivity contribution < 1.29 is 9.72 Å². The maximum Gasteiger partial charge on any atom is 0.273 e. The summed E-state index contributed by atoms with van der Waals surface area (Å²) in [4.78, 5) is 35.6. The predicted octanol–water partition coefficient (Wildman–Crippen LogP) is 2.05. The van der Waals surface area contributed by atoms with Crippen LogP contribution in [0.4, 0.5) is 11.6 Å². The van der Waals surface area contributed by atoms with Crippen molar-refractivity contribution in [3.05, 3.63) is 57.9 Å². The van der Waals surface area contributed by atoms with E-state index in [1.54, 1.807) is 42.4 Å². The largest absolute Gasteiger partial charge is 0.339 e. The fourth-order valence-electron chi connectivity index (χ4n) is 2.90. The Bertz CT molecular complexity index is 781. The van der Waals surface area contributed by atoms with Gasteiger partial charge >= 0.3 is 0 Å². The molecule has 2 aromatic rings. The Morgan fingerprint density at radius 3 is 2.64 bits per heavy atom. The molecule has 1 aromatic carbocycles. The van der Waals surface area contributed by atoms with Gasteiger partial charge < -0.3 is 9.80 Å². The van der Waals surface area contributed by atoms with Gasteiger partial charge in [0.15, 0.2) is 0 Å². The molecule has 0 saturated carbocycles. The van der Waals surface area contributed by atoms with Gasteiger partial charge in [-0.2, -0.15) is 0 Å². The van der Waals surface area contributed by atoms with E-state index < -0.39 is 4.92 Å². The number of anilines is 1. The van der Waals surface area contributed by atoms with Gasteiger partial charge in [0.2, 0.25) is 5.95 Å². The van der Waals surface area contributed by atoms with E-state index in [1.165, 1.54) is 6.07 Å². The van der Waals surface area contributed by atoms with Gasteiger partial charge in [-0.3, -0.25) is 14.9 Å². The molecule has 0 spiro atoms. The van der Waals surface area contributed by atoms with Crippen molar-refractivity contribution in [1.29, 1.82) is 0 Å². The summed E-state index contributed by atoms with van der Waals surface area (Å²) in [7, 11) is 0. The molecule has 0 unspecified atom stereocenters. The van der Waals surface area contributed by atoms with Gasteiger partial charge in [-0.15, -0.1) is 0 Å². The molecular formula is C17H19N5O3. The van der Waals surface area contributed by atoms with Crippen molar-refractivity contribution in [1.82, 2.24) is 14.9 Å². The zero-order chi connectivity index (χ0) is 17.8. The second-order valence-corrected chi connectivity index (χ2v) is 5.94. The molecule has 2 heterocycles. The van der Waals surface area contributed by atoms with Gasteiger partial charge in [-0.05, 0) is 25.5 Å². The highest BCUT2D eigenvalue weighted by Gasteiger charge is 2.23. The minimum atomic E-state index is -0.455. The average molecular weight is 341 g/mol. The van der Waals surface area contributed by atoms with Gasteiger partial charge in [0.05, 0.1) is 4.92 Å². The Balaban J connectivity index is 1.73. The molecule has 130 valence electrons. The lowest BCUT2D eigenvalue weighted by atomic mass is 10.1. The van der Waals surface area contributed by atoms with E-state index in [4.69, 9.17) is 0 Å². The van der Waals surface area contributed by atoms with Crippen molar-refractivity contribution >= 4 is 17.5 Å². The van der Waals surface area contributed by atoms with E-state index in [2.05, 4.69) is 9.97 Å². The summed E-state index contributed by atoms with van der Waals surface area (Å²) >= 11 is 0. The Morgan fingerprint density at radius 2 is 1.92 bits per heavy atom. The van der Waals surface area contributed by atoms with Gasteiger partial charge in [0, 0.05) is 55.8 Å². The Hall–Kier alpha value is -3.03. The third-order valence-electron chi connectivity index (χ3n) is 4.27. The molecule has 1 fully saturated rings. The number of benzene rings is 1. The molecule has 0 aliphatic carbocycles. The van der Waals surface area contributed by atoms with Crippen LogP contribution in [-0.4, -0.2) is 51.9 Å². The third kappa shape index (κ3) is 3.73. The lowest BCUT2D eigenvalue weighted by Crippen LogP contribution is -2.35. The number of nitro groups is 1. The first kappa shape index (κ1) is 16.8. The normalized spacial score (nSPS) is 14.9. The Labute approximate surface area is 145 Å². The molecule has 3 rings (SSSR count). The molecule has 1 aliphatic rings. The number of hydrogen-bond donors (Lipinski definition) is 0. The van der Waals surface area contributed by atoms with Crippen LogP contribution in [0.1, 0.15) is 22.3 Å². The lowest BCUT2D eigenvalue weighted by molar-refractivity contribution is -0.385. The quantitative estimate of drug-likeness (QED) is 0.626. The van der Waals surface area contributed by atoms with Crippen LogP contribution >= 0.6 is 0 Å². The van der Waals surface area contributed by atoms with Crippen LogP contribution < -0.4 is 4.90 Å². The van der Waals surface area contributed by atoms with E-state index in [0.29, 0.717) is 36.7 Å². The van der Waals surface area contributed by atoms with Crippen LogP contribution in [0.2, 0.25) is 0 Å². The topological polar surface area (TPSA) is 92.5 Å². The molecule has 8 nitrogen and oxygen atoms in total. The molecule has 1 amide bonds. The molecule has 1 aliphatic heterocycles. The van der Waals surface area contributed by atoms with Crippen LogP contribution in [0.25, 0.3) is 0 Å². The van der Waals surface area contributed by atoms with Gasteiger partial charge in [0.1, 0.15) is 0 Å². The average Bonchev–Trinajstić information content (AvgIpc) is 2.88. The predicted molar refractivity (Wildman–Crippen MR) is 92.6 cm³/mol. The van der Waals surface area contributed by atoms with Crippen LogP contribution in [-0.2, 0) is 0 Å². The van der Waals surface area contributed by atoms with E-state index in [1.807, 2.05) is 4.90 Å². The van der Waals surface area contributed by atoms with Crippen molar-refractivity contribution in [2.45, 2.75) is 13.3 Å². The number of carbonyl (C=O) groups is 1. The zero-order valence-electron chi connectivity index (χ0n) is 14.0. The number of hydrogen-bond acceptors (Lipinski definition) is 6. The summed E-state index contributed by atoms with van der Waals surface area (Å²) in [5.74, 6) is 0.474. The molecule has 25 heavy (non-hydrogen) atoms. The van der Waals surface area contributed by atoms with Crippen LogP contribution in [0.15, 0.2) is 36.7 Å². The number of nitrogens with zero attached hydrogens (tertiary/aromatic N) is 5. The van der Waals surface area contributed by atoms with Crippen molar-refractivity contribution in [3.63, 3.8) is 0 Å². The highest BCUT2D eigenvalue weighted by molar-refractivity contribution is 5.95. The molecule has 0 atom stereocenters. The molecule has 0 N–H and O–H groups in total. The highest BCUT2D eigenvalue weighted by atomic mass is 16.6. The maximum absolute atomic E-state index is 12.7. The SMILES string of the molecule is Cc1ccc(C(=O)N2CCCN(c3ncccn3)CC2)cc1[N+](=O)[O-]. The number of aryl methyl sites for hydroxylation is 1. The molecular weight excluding hydrogens is 322 g/mol. The fourth-order valence-corrected chi connectivity index (χ4v) is 2.90. The van der Waals surface area contributed by atoms with Gasteiger partial charge in [0.25, 0.3) is 11.6 Å². The van der Waals surface area contributed by atoms with Gasteiger partial charge in [-0.25, -0.2) is 9.97 Å². The molecule has 0 bridgehead atoms. The number of nitro benzene ring substituents is 1. The zero-order valence-corrected chi connectivity index (χ0v) is 14.0. The first-order valence-corrected chi connectivity index (χ1v) is 8.12. The molecule has 0 radical (unpaired) electrons.